The van der Waals surface area contributed by atoms with E-state index < -0.39 is 0 Å². The Morgan fingerprint density at radius 3 is 2.55 bits per heavy atom. The number of hydrogen-bond acceptors (Lipinski definition) is 5. The highest BCUT2D eigenvalue weighted by Crippen LogP contribution is 2.27. The van der Waals surface area contributed by atoms with Crippen molar-refractivity contribution in [2.45, 2.75) is 0 Å². The van der Waals surface area contributed by atoms with Crippen LogP contribution in [-0.2, 0) is 9.53 Å². The third kappa shape index (κ3) is 2.86. The van der Waals surface area contributed by atoms with E-state index in [-0.39, 0.29) is 5.91 Å². The van der Waals surface area contributed by atoms with Crippen molar-refractivity contribution in [3.8, 4) is 0 Å². The summed E-state index contributed by atoms with van der Waals surface area (Å²) in [7, 11) is 0. The molecule has 104 valence electrons. The Bertz CT molecular complexity index is 575. The number of anilines is 1. The van der Waals surface area contributed by atoms with Gasteiger partial charge in [0.05, 0.1) is 18.1 Å². The lowest BCUT2D eigenvalue weighted by Gasteiger charge is -2.28. The highest BCUT2D eigenvalue weighted by atomic mass is 32.2. The first-order chi connectivity index (χ1) is 9.72. The minimum absolute atomic E-state index is 0.259. The van der Waals surface area contributed by atoms with Gasteiger partial charge in [-0.15, -0.1) is 0 Å². The summed E-state index contributed by atoms with van der Waals surface area (Å²) < 4.78 is 5.34. The van der Waals surface area contributed by atoms with Gasteiger partial charge in [0.15, 0.2) is 5.17 Å². The summed E-state index contributed by atoms with van der Waals surface area (Å²) in [6.45, 7) is 3.37. The molecule has 1 aromatic carbocycles. The molecule has 2 aliphatic heterocycles. The average molecular weight is 289 g/mol. The Morgan fingerprint density at radius 1 is 1.25 bits per heavy atom. The van der Waals surface area contributed by atoms with Gasteiger partial charge in [0.25, 0.3) is 5.91 Å². The van der Waals surface area contributed by atoms with Crippen molar-refractivity contribution in [3.05, 3.63) is 34.7 Å². The Kier molecular flexibility index (Phi) is 3.75. The number of amidine groups is 1. The van der Waals surface area contributed by atoms with Crippen molar-refractivity contribution in [3.63, 3.8) is 0 Å². The molecule has 5 nitrogen and oxygen atoms in total. The van der Waals surface area contributed by atoms with Gasteiger partial charge in [-0.3, -0.25) is 4.79 Å². The first-order valence-electron chi connectivity index (χ1n) is 6.43. The fraction of sp³-hybridized carbons (Fsp3) is 0.286. The SMILES string of the molecule is NC1=NC(=O)C(=Cc2ccc(N3CCOCC3)cc2)S1. The molecule has 0 aromatic heterocycles. The number of thioether (sulfide) groups is 1. The zero-order valence-corrected chi connectivity index (χ0v) is 11.7. The van der Waals surface area contributed by atoms with Crippen molar-refractivity contribution in [2.75, 3.05) is 31.2 Å². The molecule has 0 radical (unpaired) electrons. The fourth-order valence-corrected chi connectivity index (χ4v) is 2.86. The summed E-state index contributed by atoms with van der Waals surface area (Å²) in [6, 6.07) is 8.12. The Morgan fingerprint density at radius 2 is 1.95 bits per heavy atom. The highest BCUT2D eigenvalue weighted by molar-refractivity contribution is 8.18. The zero-order chi connectivity index (χ0) is 13.9. The minimum atomic E-state index is -0.259. The fourth-order valence-electron chi connectivity index (χ4n) is 2.18. The number of carbonyl (C=O) groups is 1. The second-order valence-electron chi connectivity index (χ2n) is 4.56. The molecule has 0 unspecified atom stereocenters. The molecule has 3 rings (SSSR count). The zero-order valence-electron chi connectivity index (χ0n) is 10.9. The van der Waals surface area contributed by atoms with Crippen molar-refractivity contribution in [2.24, 2.45) is 10.7 Å². The number of morpholine rings is 1. The lowest BCUT2D eigenvalue weighted by molar-refractivity contribution is -0.113. The van der Waals surface area contributed by atoms with Crippen LogP contribution in [0.3, 0.4) is 0 Å². The third-order valence-corrected chi connectivity index (χ3v) is 4.02. The van der Waals surface area contributed by atoms with E-state index >= 15 is 0 Å². The molecule has 20 heavy (non-hydrogen) atoms. The van der Waals surface area contributed by atoms with E-state index in [1.807, 2.05) is 18.2 Å². The number of aliphatic imine (C=N–C) groups is 1. The predicted octanol–water partition coefficient (Wildman–Crippen LogP) is 1.45. The topological polar surface area (TPSA) is 67.9 Å². The molecule has 0 bridgehead atoms. The molecule has 0 aliphatic carbocycles. The van der Waals surface area contributed by atoms with Crippen LogP contribution >= 0.6 is 11.8 Å². The van der Waals surface area contributed by atoms with Crippen LogP contribution in [0.5, 0.6) is 0 Å². The van der Waals surface area contributed by atoms with Crippen LogP contribution in [0.1, 0.15) is 5.56 Å². The molecule has 6 heteroatoms. The van der Waals surface area contributed by atoms with Crippen LogP contribution in [0.15, 0.2) is 34.2 Å². The van der Waals surface area contributed by atoms with Crippen LogP contribution in [-0.4, -0.2) is 37.4 Å². The molecular formula is C14H15N3O2S. The van der Waals surface area contributed by atoms with E-state index in [9.17, 15) is 4.79 Å². The van der Waals surface area contributed by atoms with Crippen molar-refractivity contribution >= 4 is 34.6 Å². The monoisotopic (exact) mass is 289 g/mol. The second kappa shape index (κ2) is 5.68. The smallest absolute Gasteiger partial charge is 0.286 e. The normalized spacial score (nSPS) is 21.4. The Labute approximate surface area is 121 Å². The molecular weight excluding hydrogens is 274 g/mol. The maximum absolute atomic E-state index is 11.5. The largest absolute Gasteiger partial charge is 0.378 e. The standard InChI is InChI=1S/C14H15N3O2S/c15-14-16-13(18)12(20-14)9-10-1-3-11(4-2-10)17-5-7-19-8-6-17/h1-4,9H,5-8H2,(H2,15,16,18). The van der Waals surface area contributed by atoms with Gasteiger partial charge in [-0.2, -0.15) is 4.99 Å². The van der Waals surface area contributed by atoms with Gasteiger partial charge in [0.2, 0.25) is 0 Å². The molecule has 1 fully saturated rings. The molecule has 2 aliphatic rings. The van der Waals surface area contributed by atoms with Gasteiger partial charge in [-0.1, -0.05) is 12.1 Å². The third-order valence-electron chi connectivity index (χ3n) is 3.20. The predicted molar refractivity (Wildman–Crippen MR) is 81.7 cm³/mol. The number of hydrogen-bond donors (Lipinski definition) is 1. The van der Waals surface area contributed by atoms with Gasteiger partial charge < -0.3 is 15.4 Å². The molecule has 2 heterocycles. The minimum Gasteiger partial charge on any atom is -0.378 e. The number of benzene rings is 1. The number of nitrogens with two attached hydrogens (primary N) is 1. The molecule has 0 spiro atoms. The van der Waals surface area contributed by atoms with Crippen LogP contribution in [0.2, 0.25) is 0 Å². The summed E-state index contributed by atoms with van der Waals surface area (Å²) in [5.74, 6) is -0.259. The van der Waals surface area contributed by atoms with Gasteiger partial charge in [0.1, 0.15) is 0 Å². The van der Waals surface area contributed by atoms with E-state index in [1.165, 1.54) is 17.4 Å². The molecule has 0 atom stereocenters. The summed E-state index contributed by atoms with van der Waals surface area (Å²) >= 11 is 1.21. The van der Waals surface area contributed by atoms with Crippen LogP contribution in [0.4, 0.5) is 5.69 Å². The van der Waals surface area contributed by atoms with Crippen LogP contribution < -0.4 is 10.6 Å². The number of carbonyl (C=O) groups excluding carboxylic acids is 1. The number of ether oxygens (including phenoxy) is 1. The Balaban J connectivity index is 1.73. The van der Waals surface area contributed by atoms with Crippen LogP contribution in [0.25, 0.3) is 6.08 Å². The van der Waals surface area contributed by atoms with E-state index in [0.717, 1.165) is 31.9 Å². The molecule has 0 saturated carbocycles. The molecule has 1 aromatic rings. The first kappa shape index (κ1) is 13.2. The van der Waals surface area contributed by atoms with Crippen molar-refractivity contribution in [1.82, 2.24) is 0 Å². The quantitative estimate of drug-likeness (QED) is 0.835. The van der Waals surface area contributed by atoms with Crippen molar-refractivity contribution < 1.29 is 9.53 Å². The summed E-state index contributed by atoms with van der Waals surface area (Å²) in [5, 5.41) is 0.311. The van der Waals surface area contributed by atoms with Gasteiger partial charge in [-0.25, -0.2) is 0 Å². The Hall–Kier alpha value is -1.79. The summed E-state index contributed by atoms with van der Waals surface area (Å²) in [4.78, 5) is 18.1. The second-order valence-corrected chi connectivity index (χ2v) is 5.62. The van der Waals surface area contributed by atoms with E-state index in [1.54, 1.807) is 0 Å². The number of rotatable bonds is 2. The van der Waals surface area contributed by atoms with Crippen molar-refractivity contribution in [1.29, 1.82) is 0 Å². The van der Waals surface area contributed by atoms with E-state index in [0.29, 0.717) is 10.1 Å². The summed E-state index contributed by atoms with van der Waals surface area (Å²) in [5.41, 5.74) is 7.68. The lowest BCUT2D eigenvalue weighted by atomic mass is 10.1. The number of amides is 1. The maximum atomic E-state index is 11.5. The van der Waals surface area contributed by atoms with E-state index in [2.05, 4.69) is 22.0 Å². The first-order valence-corrected chi connectivity index (χ1v) is 7.25. The maximum Gasteiger partial charge on any atom is 0.286 e. The van der Waals surface area contributed by atoms with E-state index in [4.69, 9.17) is 10.5 Å². The van der Waals surface area contributed by atoms with Gasteiger partial charge in [0, 0.05) is 18.8 Å². The van der Waals surface area contributed by atoms with Gasteiger partial charge in [-0.05, 0) is 35.5 Å². The van der Waals surface area contributed by atoms with Crippen LogP contribution in [0, 0.1) is 0 Å². The van der Waals surface area contributed by atoms with Gasteiger partial charge >= 0.3 is 0 Å². The molecule has 1 amide bonds. The highest BCUT2D eigenvalue weighted by Gasteiger charge is 2.19. The molecule has 1 saturated heterocycles. The number of nitrogens with zero attached hydrogens (tertiary/aromatic N) is 2. The molecule has 2 N–H and O–H groups in total. The summed E-state index contributed by atoms with van der Waals surface area (Å²) in [6.07, 6.45) is 1.82. The lowest BCUT2D eigenvalue weighted by Crippen LogP contribution is -2.36. The average Bonchev–Trinajstić information content (AvgIpc) is 2.79.